The Morgan fingerprint density at radius 2 is 1.32 bits per heavy atom. The van der Waals surface area contributed by atoms with Gasteiger partial charge in [-0.1, -0.05) is 120 Å². The van der Waals surface area contributed by atoms with Gasteiger partial charge in [0.1, 0.15) is 17.6 Å². The Morgan fingerprint density at radius 1 is 0.816 bits per heavy atom. The van der Waals surface area contributed by atoms with Crippen LogP contribution in [0.2, 0.25) is 0 Å². The molecule has 1 heterocycles. The van der Waals surface area contributed by atoms with Gasteiger partial charge in [0.25, 0.3) is 0 Å². The monoisotopic (exact) mass is 553 g/mol. The van der Waals surface area contributed by atoms with Crippen molar-refractivity contribution in [3.63, 3.8) is 0 Å². The average molecular weight is 554 g/mol. The number of nitriles is 1. The first-order chi connectivity index (χ1) is 18.6. The van der Waals surface area contributed by atoms with Crippen LogP contribution in [0.1, 0.15) is 90.7 Å². The van der Waals surface area contributed by atoms with E-state index in [4.69, 9.17) is 9.47 Å². The van der Waals surface area contributed by atoms with Crippen LogP contribution in [-0.2, 0) is 0 Å². The van der Waals surface area contributed by atoms with E-state index in [1.54, 1.807) is 0 Å². The van der Waals surface area contributed by atoms with Gasteiger partial charge in [-0.25, -0.2) is 0 Å². The number of unbranched alkanes of at least 4 members (excludes halogenated alkanes) is 2. The zero-order valence-corrected chi connectivity index (χ0v) is 25.0. The number of hydrogen-bond donors (Lipinski definition) is 1. The molecule has 0 saturated carbocycles. The highest BCUT2D eigenvalue weighted by Crippen LogP contribution is 2.59. The van der Waals surface area contributed by atoms with E-state index >= 15 is 0 Å². The van der Waals surface area contributed by atoms with E-state index in [2.05, 4.69) is 33.8 Å². The summed E-state index contributed by atoms with van der Waals surface area (Å²) in [4.78, 5) is 1.98. The summed E-state index contributed by atoms with van der Waals surface area (Å²) in [6.45, 7) is 10.3. The molecule has 0 saturated heterocycles. The molecule has 1 N–H and O–H groups in total. The van der Waals surface area contributed by atoms with Gasteiger partial charge in [-0.15, -0.1) is 0 Å². The molecule has 1 aliphatic heterocycles. The van der Waals surface area contributed by atoms with Crippen molar-refractivity contribution in [2.75, 3.05) is 13.2 Å². The van der Waals surface area contributed by atoms with Gasteiger partial charge in [-0.3, -0.25) is 0 Å². The summed E-state index contributed by atoms with van der Waals surface area (Å²) in [6, 6.07) is 15.7. The lowest BCUT2D eigenvalue weighted by Gasteiger charge is -2.19. The van der Waals surface area contributed by atoms with Crippen molar-refractivity contribution >= 4 is 23.5 Å². The molecule has 2 aromatic rings. The Labute approximate surface area is 238 Å². The van der Waals surface area contributed by atoms with Crippen LogP contribution >= 0.6 is 23.5 Å². The quantitative estimate of drug-likeness (QED) is 0.209. The molecule has 38 heavy (non-hydrogen) atoms. The van der Waals surface area contributed by atoms with E-state index < -0.39 is 6.10 Å². The predicted octanol–water partition coefficient (Wildman–Crippen LogP) is 9.54. The molecule has 3 unspecified atom stereocenters. The molecule has 1 aliphatic rings. The molecule has 0 bridgehead atoms. The van der Waals surface area contributed by atoms with E-state index in [1.165, 1.54) is 62.0 Å². The van der Waals surface area contributed by atoms with Crippen LogP contribution in [0.4, 0.5) is 0 Å². The minimum Gasteiger partial charge on any atom is -0.492 e. The lowest BCUT2D eigenvalue weighted by molar-refractivity contribution is 0.219. The van der Waals surface area contributed by atoms with Gasteiger partial charge < -0.3 is 14.6 Å². The second-order valence-corrected chi connectivity index (χ2v) is 12.3. The van der Waals surface area contributed by atoms with Crippen molar-refractivity contribution in [2.45, 2.75) is 95.0 Å². The summed E-state index contributed by atoms with van der Waals surface area (Å²) in [5.74, 6) is 2.71. The van der Waals surface area contributed by atoms with Crippen LogP contribution in [-0.4, -0.2) is 18.3 Å². The molecule has 3 rings (SSSR count). The van der Waals surface area contributed by atoms with Gasteiger partial charge in [0.05, 0.1) is 38.9 Å². The molecule has 3 atom stereocenters. The van der Waals surface area contributed by atoms with Gasteiger partial charge in [-0.05, 0) is 42.4 Å². The third kappa shape index (κ3) is 8.21. The molecule has 4 nitrogen and oxygen atoms in total. The van der Waals surface area contributed by atoms with Crippen molar-refractivity contribution in [3.8, 4) is 17.6 Å². The zero-order valence-electron chi connectivity index (χ0n) is 23.4. The molecule has 0 fully saturated rings. The fourth-order valence-electron chi connectivity index (χ4n) is 4.50. The number of rotatable bonds is 16. The van der Waals surface area contributed by atoms with Crippen LogP contribution in [0.3, 0.4) is 0 Å². The normalized spacial score (nSPS) is 14.9. The Morgan fingerprint density at radius 3 is 1.74 bits per heavy atom. The molecule has 206 valence electrons. The number of fused-ring (bicyclic) bond motifs is 1. The first kappa shape index (κ1) is 30.5. The topological polar surface area (TPSA) is 62.5 Å². The van der Waals surface area contributed by atoms with E-state index in [9.17, 15) is 10.4 Å². The standard InChI is InChI=1S/C32H43NO3S2/c1-5-9-14-23(7-3)21-35-27-18-19-28(36-22-24(8-4)15-10-6-2)31-30(27)37-32(38-31)26(20-33)29(34)25-16-12-11-13-17-25/h11-13,16-19,23-24,29,34H,5-10,14-15,21-22H2,1-4H3. The zero-order chi connectivity index (χ0) is 27.3. The number of aliphatic hydroxyl groups excluding tert-OH is 1. The maximum Gasteiger partial charge on any atom is 0.134 e. The van der Waals surface area contributed by atoms with Gasteiger partial charge in [0.15, 0.2) is 0 Å². The second kappa shape index (κ2) is 16.1. The van der Waals surface area contributed by atoms with E-state index in [-0.39, 0.29) is 0 Å². The van der Waals surface area contributed by atoms with E-state index in [1.807, 2.05) is 42.5 Å². The Hall–Kier alpha value is -2.07. The molecule has 0 aromatic heterocycles. The summed E-state index contributed by atoms with van der Waals surface area (Å²) in [5.41, 5.74) is 1.08. The SMILES string of the molecule is CCCCC(CC)COc1ccc(OCC(CC)CCCC)c2c1SC(=C(C#N)C(O)c1ccccc1)S2. The highest BCUT2D eigenvalue weighted by molar-refractivity contribution is 8.24. The van der Waals surface area contributed by atoms with Crippen LogP contribution in [0, 0.1) is 23.2 Å². The third-order valence-electron chi connectivity index (χ3n) is 7.19. The number of ether oxygens (including phenoxy) is 2. The first-order valence-corrected chi connectivity index (χ1v) is 15.8. The number of benzene rings is 2. The molecule has 0 aliphatic carbocycles. The number of hydrogen-bond acceptors (Lipinski definition) is 6. The van der Waals surface area contributed by atoms with Gasteiger partial charge >= 0.3 is 0 Å². The largest absolute Gasteiger partial charge is 0.492 e. The number of aliphatic hydroxyl groups is 1. The Balaban J connectivity index is 1.90. The predicted molar refractivity (Wildman–Crippen MR) is 160 cm³/mol. The first-order valence-electron chi connectivity index (χ1n) is 14.2. The molecule has 0 amide bonds. The van der Waals surface area contributed by atoms with Crippen LogP contribution in [0.5, 0.6) is 11.5 Å². The molecule has 0 spiro atoms. The summed E-state index contributed by atoms with van der Waals surface area (Å²) in [7, 11) is 0. The molecular formula is C32H43NO3S2. The fraction of sp³-hybridized carbons (Fsp3) is 0.531. The second-order valence-electron chi connectivity index (χ2n) is 10.0. The molecule has 2 aromatic carbocycles. The molecule has 0 radical (unpaired) electrons. The van der Waals surface area contributed by atoms with Crippen molar-refractivity contribution in [2.24, 2.45) is 11.8 Å². The maximum absolute atomic E-state index is 11.1. The molecule has 6 heteroatoms. The smallest absolute Gasteiger partial charge is 0.134 e. The highest BCUT2D eigenvalue weighted by atomic mass is 32.2. The minimum absolute atomic E-state index is 0.364. The lowest BCUT2D eigenvalue weighted by Crippen LogP contribution is -2.13. The van der Waals surface area contributed by atoms with E-state index in [0.29, 0.717) is 36.2 Å². The number of nitrogens with zero attached hydrogens (tertiary/aromatic N) is 1. The van der Waals surface area contributed by atoms with Crippen LogP contribution < -0.4 is 9.47 Å². The highest BCUT2D eigenvalue weighted by Gasteiger charge is 2.31. The Kier molecular flexibility index (Phi) is 12.9. The van der Waals surface area contributed by atoms with Gasteiger partial charge in [0, 0.05) is 0 Å². The van der Waals surface area contributed by atoms with Crippen LogP contribution in [0.25, 0.3) is 0 Å². The van der Waals surface area contributed by atoms with Gasteiger partial charge in [-0.2, -0.15) is 5.26 Å². The lowest BCUT2D eigenvalue weighted by atomic mass is 10.0. The van der Waals surface area contributed by atoms with Crippen molar-refractivity contribution in [1.29, 1.82) is 5.26 Å². The summed E-state index contributed by atoms with van der Waals surface area (Å²) < 4.78 is 13.6. The van der Waals surface area contributed by atoms with Gasteiger partial charge in [0.2, 0.25) is 0 Å². The average Bonchev–Trinajstić information content (AvgIpc) is 3.40. The van der Waals surface area contributed by atoms with Crippen molar-refractivity contribution in [1.82, 2.24) is 0 Å². The fourth-order valence-corrected chi connectivity index (χ4v) is 7.16. The Bertz CT molecular complexity index is 1030. The van der Waals surface area contributed by atoms with Crippen molar-refractivity contribution in [3.05, 3.63) is 57.8 Å². The summed E-state index contributed by atoms with van der Waals surface area (Å²) in [6.07, 6.45) is 8.35. The number of thioether (sulfide) groups is 2. The van der Waals surface area contributed by atoms with Crippen LogP contribution in [0.15, 0.2) is 62.1 Å². The van der Waals surface area contributed by atoms with E-state index in [0.717, 1.165) is 38.4 Å². The molecular weight excluding hydrogens is 510 g/mol. The summed E-state index contributed by atoms with van der Waals surface area (Å²) >= 11 is 3.04. The third-order valence-corrected chi connectivity index (χ3v) is 9.85. The summed E-state index contributed by atoms with van der Waals surface area (Å²) in [5, 5.41) is 21.1. The van der Waals surface area contributed by atoms with Crippen molar-refractivity contribution < 1.29 is 14.6 Å². The maximum atomic E-state index is 11.1. The minimum atomic E-state index is -0.976.